The molecule has 3 rings (SSSR count). The molecule has 0 bridgehead atoms. The maximum Gasteiger partial charge on any atom is 0.251 e. The fourth-order valence-corrected chi connectivity index (χ4v) is 2.38. The second-order valence-electron chi connectivity index (χ2n) is 5.02. The molecule has 1 aliphatic rings. The first-order chi connectivity index (χ1) is 9.72. The average Bonchev–Trinajstić information content (AvgIpc) is 2.85. The molecule has 5 heteroatoms. The summed E-state index contributed by atoms with van der Waals surface area (Å²) in [6.45, 7) is 4.77. The van der Waals surface area contributed by atoms with Gasteiger partial charge in [-0.1, -0.05) is 0 Å². The Balaban J connectivity index is 1.65. The lowest BCUT2D eigenvalue weighted by Gasteiger charge is -2.23. The number of benzene rings is 1. The van der Waals surface area contributed by atoms with Gasteiger partial charge in [-0.25, -0.2) is 0 Å². The summed E-state index contributed by atoms with van der Waals surface area (Å²) < 4.78 is 11.0. The number of carbonyl (C=O) groups is 1. The molecule has 1 aromatic carbocycles. The Bertz CT molecular complexity index is 615. The molecular weight excluding hydrogens is 256 g/mol. The summed E-state index contributed by atoms with van der Waals surface area (Å²) in [5.74, 6) is 0.763. The van der Waals surface area contributed by atoms with Gasteiger partial charge in [-0.15, -0.1) is 0 Å². The van der Waals surface area contributed by atoms with Crippen LogP contribution < -0.4 is 10.6 Å². The lowest BCUT2D eigenvalue weighted by atomic mass is 10.1. The van der Waals surface area contributed by atoms with E-state index in [1.807, 2.05) is 25.1 Å². The normalized spacial score (nSPS) is 19.1. The number of nitrogens with one attached hydrogen (secondary N) is 2. The Morgan fingerprint density at radius 1 is 1.45 bits per heavy atom. The number of hydrogen-bond acceptors (Lipinski definition) is 4. The summed E-state index contributed by atoms with van der Waals surface area (Å²) in [7, 11) is 0. The molecule has 0 saturated carbocycles. The molecule has 0 aliphatic carbocycles. The third-order valence-electron chi connectivity index (χ3n) is 3.40. The highest BCUT2D eigenvalue weighted by Gasteiger charge is 2.15. The molecule has 2 heterocycles. The molecule has 2 N–H and O–H groups in total. The highest BCUT2D eigenvalue weighted by atomic mass is 16.5. The van der Waals surface area contributed by atoms with Crippen molar-refractivity contribution in [1.82, 2.24) is 10.6 Å². The van der Waals surface area contributed by atoms with E-state index in [-0.39, 0.29) is 12.0 Å². The number of morpholine rings is 1. The van der Waals surface area contributed by atoms with E-state index in [1.165, 1.54) is 0 Å². The maximum absolute atomic E-state index is 12.1. The van der Waals surface area contributed by atoms with E-state index in [1.54, 1.807) is 6.07 Å². The highest BCUT2D eigenvalue weighted by Crippen LogP contribution is 2.20. The number of amides is 1. The van der Waals surface area contributed by atoms with E-state index < -0.39 is 0 Å². The van der Waals surface area contributed by atoms with Crippen LogP contribution in [0, 0.1) is 6.92 Å². The van der Waals surface area contributed by atoms with Crippen LogP contribution in [0.25, 0.3) is 11.0 Å². The van der Waals surface area contributed by atoms with Gasteiger partial charge in [0.15, 0.2) is 0 Å². The molecule has 1 saturated heterocycles. The van der Waals surface area contributed by atoms with Crippen LogP contribution in [0.5, 0.6) is 0 Å². The first kappa shape index (κ1) is 13.1. The summed E-state index contributed by atoms with van der Waals surface area (Å²) in [6.07, 6.45) is 0.0487. The molecule has 1 fully saturated rings. The Labute approximate surface area is 117 Å². The van der Waals surface area contributed by atoms with E-state index in [4.69, 9.17) is 9.15 Å². The van der Waals surface area contributed by atoms with Crippen molar-refractivity contribution in [3.05, 3.63) is 35.6 Å². The molecule has 1 atom stereocenters. The topological polar surface area (TPSA) is 63.5 Å². The van der Waals surface area contributed by atoms with Crippen molar-refractivity contribution in [2.45, 2.75) is 13.0 Å². The third kappa shape index (κ3) is 2.84. The third-order valence-corrected chi connectivity index (χ3v) is 3.40. The van der Waals surface area contributed by atoms with Crippen molar-refractivity contribution in [1.29, 1.82) is 0 Å². The Hall–Kier alpha value is -1.85. The minimum atomic E-state index is -0.0834. The number of ether oxygens (including phenoxy) is 1. The van der Waals surface area contributed by atoms with Crippen LogP contribution in [0.15, 0.2) is 28.7 Å². The molecule has 5 nitrogen and oxygen atoms in total. The zero-order chi connectivity index (χ0) is 13.9. The van der Waals surface area contributed by atoms with Gasteiger partial charge in [0.1, 0.15) is 11.3 Å². The van der Waals surface area contributed by atoms with Crippen LogP contribution in [-0.4, -0.2) is 38.3 Å². The van der Waals surface area contributed by atoms with Gasteiger partial charge < -0.3 is 19.8 Å². The zero-order valence-corrected chi connectivity index (χ0v) is 11.4. The monoisotopic (exact) mass is 274 g/mol. The number of fused-ring (bicyclic) bond motifs is 1. The van der Waals surface area contributed by atoms with Gasteiger partial charge in [0.25, 0.3) is 5.91 Å². The molecule has 20 heavy (non-hydrogen) atoms. The number of carbonyl (C=O) groups excluding carboxylic acids is 1. The van der Waals surface area contributed by atoms with Gasteiger partial charge in [0, 0.05) is 30.6 Å². The van der Waals surface area contributed by atoms with Crippen molar-refractivity contribution in [3.8, 4) is 0 Å². The molecular formula is C15H18N2O3. The zero-order valence-electron chi connectivity index (χ0n) is 11.4. The molecule has 1 aliphatic heterocycles. The predicted molar refractivity (Wildman–Crippen MR) is 75.9 cm³/mol. The van der Waals surface area contributed by atoms with E-state index >= 15 is 0 Å². The molecule has 0 radical (unpaired) electrons. The SMILES string of the molecule is Cc1cc2cc(C(=O)NC[C@@H]3CNCCO3)ccc2o1. The Morgan fingerprint density at radius 3 is 3.15 bits per heavy atom. The van der Waals surface area contributed by atoms with E-state index in [0.717, 1.165) is 29.8 Å². The number of rotatable bonds is 3. The first-order valence-electron chi connectivity index (χ1n) is 6.83. The van der Waals surface area contributed by atoms with Gasteiger partial charge in [-0.3, -0.25) is 4.79 Å². The summed E-state index contributed by atoms with van der Waals surface area (Å²) in [6, 6.07) is 7.39. The predicted octanol–water partition coefficient (Wildman–Crippen LogP) is 1.46. The van der Waals surface area contributed by atoms with Crippen LogP contribution in [0.2, 0.25) is 0 Å². The summed E-state index contributed by atoms with van der Waals surface area (Å²) in [5.41, 5.74) is 1.45. The van der Waals surface area contributed by atoms with E-state index in [0.29, 0.717) is 18.7 Å². The maximum atomic E-state index is 12.1. The van der Waals surface area contributed by atoms with Crippen LogP contribution in [0.3, 0.4) is 0 Å². The van der Waals surface area contributed by atoms with Crippen LogP contribution in [0.1, 0.15) is 16.1 Å². The smallest absolute Gasteiger partial charge is 0.251 e. The first-order valence-corrected chi connectivity index (χ1v) is 6.83. The minimum absolute atomic E-state index is 0.0487. The lowest BCUT2D eigenvalue weighted by molar-refractivity contribution is 0.0287. The van der Waals surface area contributed by atoms with Gasteiger partial charge in [-0.05, 0) is 31.2 Å². The second-order valence-corrected chi connectivity index (χ2v) is 5.02. The second kappa shape index (κ2) is 5.64. The highest BCUT2D eigenvalue weighted by molar-refractivity contribution is 5.97. The Morgan fingerprint density at radius 2 is 2.35 bits per heavy atom. The van der Waals surface area contributed by atoms with Crippen molar-refractivity contribution >= 4 is 16.9 Å². The van der Waals surface area contributed by atoms with Gasteiger partial charge in [0.05, 0.1) is 12.7 Å². The van der Waals surface area contributed by atoms with Gasteiger partial charge >= 0.3 is 0 Å². The Kier molecular flexibility index (Phi) is 3.71. The van der Waals surface area contributed by atoms with Gasteiger partial charge in [-0.2, -0.15) is 0 Å². The minimum Gasteiger partial charge on any atom is -0.461 e. The number of aryl methyl sites for hydroxylation is 1. The van der Waals surface area contributed by atoms with Crippen molar-refractivity contribution < 1.29 is 13.9 Å². The number of furan rings is 1. The summed E-state index contributed by atoms with van der Waals surface area (Å²) in [4.78, 5) is 12.1. The molecule has 0 spiro atoms. The lowest BCUT2D eigenvalue weighted by Crippen LogP contribution is -2.45. The standard InChI is InChI=1S/C15H18N2O3/c1-10-6-12-7-11(2-3-14(12)20-10)15(18)17-9-13-8-16-4-5-19-13/h2-3,6-7,13,16H,4-5,8-9H2,1H3,(H,17,18)/t13-/m0/s1. The number of hydrogen-bond donors (Lipinski definition) is 2. The molecule has 2 aromatic rings. The summed E-state index contributed by atoms with van der Waals surface area (Å²) >= 11 is 0. The summed E-state index contributed by atoms with van der Waals surface area (Å²) in [5, 5.41) is 7.09. The van der Waals surface area contributed by atoms with E-state index in [2.05, 4.69) is 10.6 Å². The van der Waals surface area contributed by atoms with Crippen molar-refractivity contribution in [2.75, 3.05) is 26.2 Å². The molecule has 1 aromatic heterocycles. The van der Waals surface area contributed by atoms with E-state index in [9.17, 15) is 4.79 Å². The molecule has 0 unspecified atom stereocenters. The van der Waals surface area contributed by atoms with Crippen molar-refractivity contribution in [2.24, 2.45) is 0 Å². The molecule has 106 valence electrons. The quantitative estimate of drug-likeness (QED) is 0.889. The average molecular weight is 274 g/mol. The van der Waals surface area contributed by atoms with Crippen LogP contribution >= 0.6 is 0 Å². The fourth-order valence-electron chi connectivity index (χ4n) is 2.38. The largest absolute Gasteiger partial charge is 0.461 e. The van der Waals surface area contributed by atoms with Crippen LogP contribution in [0.4, 0.5) is 0 Å². The fraction of sp³-hybridized carbons (Fsp3) is 0.400. The van der Waals surface area contributed by atoms with Crippen molar-refractivity contribution in [3.63, 3.8) is 0 Å². The van der Waals surface area contributed by atoms with Crippen LogP contribution in [-0.2, 0) is 4.74 Å². The van der Waals surface area contributed by atoms with Gasteiger partial charge in [0.2, 0.25) is 0 Å². The molecule has 1 amide bonds.